The minimum absolute atomic E-state index is 0.0543. The number of guanidine groups is 1. The summed E-state index contributed by atoms with van der Waals surface area (Å²) in [5.74, 6) is -6.94. The number of rotatable bonds is 21. The summed E-state index contributed by atoms with van der Waals surface area (Å²) in [6, 6.07) is -0.373. The summed E-state index contributed by atoms with van der Waals surface area (Å²) in [7, 11) is 0. The van der Waals surface area contributed by atoms with Gasteiger partial charge in [-0.05, 0) is 63.5 Å². The number of aromatic nitrogens is 2. The minimum Gasteiger partial charge on any atom is -0.370 e. The van der Waals surface area contributed by atoms with Crippen LogP contribution >= 0.6 is 0 Å². The predicted octanol–water partition coefficient (Wildman–Crippen LogP) is -3.23. The summed E-state index contributed by atoms with van der Waals surface area (Å²) >= 11 is 0. The molecule has 1 aromatic carbocycles. The molecular formula is C44H69N15O9. The smallest absolute Gasteiger partial charge is 0.243 e. The lowest BCUT2D eigenvalue weighted by molar-refractivity contribution is -0.135. The van der Waals surface area contributed by atoms with E-state index in [2.05, 4.69) is 57.5 Å². The Kier molecular flexibility index (Phi) is 24.0. The Labute approximate surface area is 395 Å². The molecule has 374 valence electrons. The van der Waals surface area contributed by atoms with Crippen molar-refractivity contribution in [2.24, 2.45) is 27.9 Å². The van der Waals surface area contributed by atoms with Crippen LogP contribution in [0.15, 0.2) is 47.8 Å². The fourth-order valence-corrected chi connectivity index (χ4v) is 7.25. The highest BCUT2D eigenvalue weighted by Gasteiger charge is 2.35. The Bertz CT molecular complexity index is 2010. The highest BCUT2D eigenvalue weighted by Crippen LogP contribution is 2.11. The molecule has 1 aromatic heterocycles. The molecule has 68 heavy (non-hydrogen) atoms. The van der Waals surface area contributed by atoms with E-state index in [0.29, 0.717) is 43.5 Å². The van der Waals surface area contributed by atoms with Crippen molar-refractivity contribution in [2.45, 2.75) is 140 Å². The van der Waals surface area contributed by atoms with E-state index in [4.69, 9.17) is 22.9 Å². The molecule has 1 aliphatic heterocycles. The molecular weight excluding hydrogens is 883 g/mol. The van der Waals surface area contributed by atoms with Crippen molar-refractivity contribution in [2.75, 3.05) is 19.6 Å². The molecule has 9 amide bonds. The zero-order valence-electron chi connectivity index (χ0n) is 38.8. The Balaban J connectivity index is 2.12. The van der Waals surface area contributed by atoms with Crippen LogP contribution in [0.25, 0.3) is 0 Å². The van der Waals surface area contributed by atoms with Crippen LogP contribution in [-0.2, 0) is 56.0 Å². The van der Waals surface area contributed by atoms with Gasteiger partial charge in [0, 0.05) is 51.2 Å². The number of hydrogen-bond acceptors (Lipinski definition) is 12. The highest BCUT2D eigenvalue weighted by molar-refractivity contribution is 5.98. The molecule has 1 fully saturated rings. The molecule has 1 unspecified atom stereocenters. The van der Waals surface area contributed by atoms with Crippen LogP contribution in [0.5, 0.6) is 0 Å². The zero-order valence-corrected chi connectivity index (χ0v) is 38.8. The van der Waals surface area contributed by atoms with Gasteiger partial charge >= 0.3 is 0 Å². The summed E-state index contributed by atoms with van der Waals surface area (Å²) < 4.78 is 0. The van der Waals surface area contributed by atoms with Crippen molar-refractivity contribution in [1.29, 1.82) is 0 Å². The van der Waals surface area contributed by atoms with Crippen molar-refractivity contribution < 1.29 is 43.2 Å². The highest BCUT2D eigenvalue weighted by atomic mass is 16.2. The number of unbranched alkanes of at least 4 members (excludes halogenated alkanes) is 2. The van der Waals surface area contributed by atoms with Gasteiger partial charge in [0.2, 0.25) is 53.2 Å². The molecule has 2 heterocycles. The number of nitrogens with zero attached hydrogens (tertiary/aromatic N) is 2. The van der Waals surface area contributed by atoms with Crippen molar-refractivity contribution >= 4 is 59.1 Å². The second kappa shape index (κ2) is 29.5. The van der Waals surface area contributed by atoms with Gasteiger partial charge in [-0.3, -0.25) is 48.1 Å². The first-order valence-electron chi connectivity index (χ1n) is 22.9. The number of aromatic amines is 1. The summed E-state index contributed by atoms with van der Waals surface area (Å²) in [6.07, 6.45) is 4.52. The molecule has 7 atom stereocenters. The molecule has 0 spiro atoms. The number of carbonyl (C=O) groups excluding carboxylic acids is 9. The molecule has 1 aliphatic rings. The van der Waals surface area contributed by atoms with Gasteiger partial charge in [0.25, 0.3) is 0 Å². The molecule has 3 rings (SSSR count). The third-order valence-electron chi connectivity index (χ3n) is 10.9. The van der Waals surface area contributed by atoms with E-state index >= 15 is 0 Å². The number of aliphatic imine (C=N–C) groups is 1. The topological polar surface area (TPSA) is 395 Å². The maximum Gasteiger partial charge on any atom is 0.243 e. The summed E-state index contributed by atoms with van der Waals surface area (Å²) in [4.78, 5) is 134. The van der Waals surface area contributed by atoms with Crippen molar-refractivity contribution in [3.05, 3.63) is 54.1 Å². The summed E-state index contributed by atoms with van der Waals surface area (Å²) in [5, 5.41) is 21.3. The third kappa shape index (κ3) is 20.2. The van der Waals surface area contributed by atoms with E-state index in [1.165, 1.54) is 19.4 Å². The molecule has 1 saturated heterocycles. The zero-order chi connectivity index (χ0) is 50.0. The standard InChI is InChI=1S/C44H69N15O9/c1-3-4-13-30(53-26(2)60)38(63)56-32-16-17-36(61)50-21-18-33(41(66)54-29(37(46)62)14-8-9-19-45)57-39(64)31(15-10-20-51-44(47)48)55-42(67)34(22-27-11-6-5-7-12-27)58-43(68)35(59-40(32)65)23-28-24-49-25-52-28/h5-7,11-12,24-25,29-35H,3-4,8-10,13-23,45H2,1-2H3,(H2,46,62)(H,49,52)(H,50,61)(H,53,60)(H,54,66)(H,55,67)(H,56,63)(H,57,64)(H,58,68)(H,59,65)(H4,47,48,51)/t29-,30-,31-,32-,33?,34+,35-/m0/s1. The molecule has 0 bridgehead atoms. The number of imidazole rings is 1. The van der Waals surface area contributed by atoms with Gasteiger partial charge in [-0.15, -0.1) is 0 Å². The lowest BCUT2D eigenvalue weighted by atomic mass is 10.0. The van der Waals surface area contributed by atoms with Gasteiger partial charge in [0.1, 0.15) is 42.3 Å². The summed E-state index contributed by atoms with van der Waals surface area (Å²) in [5.41, 5.74) is 23.3. The Hall–Kier alpha value is -7.11. The lowest BCUT2D eigenvalue weighted by Crippen LogP contribution is -2.60. The van der Waals surface area contributed by atoms with E-state index in [0.717, 1.165) is 0 Å². The van der Waals surface area contributed by atoms with E-state index < -0.39 is 95.5 Å². The average Bonchev–Trinajstić information content (AvgIpc) is 3.81. The van der Waals surface area contributed by atoms with E-state index in [-0.39, 0.29) is 76.8 Å². The Morgan fingerprint density at radius 2 is 1.46 bits per heavy atom. The molecule has 2 aromatic rings. The minimum atomic E-state index is -1.42. The van der Waals surface area contributed by atoms with Gasteiger partial charge in [0.05, 0.1) is 6.33 Å². The van der Waals surface area contributed by atoms with Crippen molar-refractivity contribution in [1.82, 2.24) is 52.5 Å². The van der Waals surface area contributed by atoms with Gasteiger partial charge in [-0.25, -0.2) is 4.98 Å². The van der Waals surface area contributed by atoms with Crippen LogP contribution in [0.3, 0.4) is 0 Å². The number of amides is 9. The number of benzene rings is 1. The van der Waals surface area contributed by atoms with Crippen LogP contribution in [0, 0.1) is 0 Å². The molecule has 0 saturated carbocycles. The number of carbonyl (C=O) groups is 9. The van der Waals surface area contributed by atoms with Gasteiger partial charge in [0.15, 0.2) is 5.96 Å². The fraction of sp³-hybridized carbons (Fsp3) is 0.568. The maximum absolute atomic E-state index is 14.4. The van der Waals surface area contributed by atoms with E-state index in [1.54, 1.807) is 30.3 Å². The maximum atomic E-state index is 14.4. The van der Waals surface area contributed by atoms with Crippen molar-refractivity contribution in [3.8, 4) is 0 Å². The second-order valence-electron chi connectivity index (χ2n) is 16.5. The number of hydrogen-bond donors (Lipinski definition) is 13. The third-order valence-corrected chi connectivity index (χ3v) is 10.9. The molecule has 24 heteroatoms. The van der Waals surface area contributed by atoms with Gasteiger partial charge < -0.3 is 70.5 Å². The first-order valence-corrected chi connectivity index (χ1v) is 22.9. The first-order chi connectivity index (χ1) is 32.5. The fourth-order valence-electron chi connectivity index (χ4n) is 7.25. The number of nitrogens with two attached hydrogens (primary N) is 4. The van der Waals surface area contributed by atoms with E-state index in [9.17, 15) is 43.2 Å². The van der Waals surface area contributed by atoms with Crippen LogP contribution in [-0.4, -0.2) is 131 Å². The quantitative estimate of drug-likeness (QED) is 0.0333. The Morgan fingerprint density at radius 1 is 0.794 bits per heavy atom. The molecule has 17 N–H and O–H groups in total. The normalized spacial score (nSPS) is 20.8. The number of H-pyrrole nitrogens is 1. The molecule has 0 aliphatic carbocycles. The number of primary amides is 1. The van der Waals surface area contributed by atoms with E-state index in [1.807, 2.05) is 6.92 Å². The van der Waals surface area contributed by atoms with Crippen LogP contribution in [0.4, 0.5) is 0 Å². The lowest BCUT2D eigenvalue weighted by Gasteiger charge is -2.28. The molecule has 0 radical (unpaired) electrons. The Morgan fingerprint density at radius 3 is 2.09 bits per heavy atom. The first kappa shape index (κ1) is 55.2. The van der Waals surface area contributed by atoms with Gasteiger partial charge in [-0.2, -0.15) is 0 Å². The van der Waals surface area contributed by atoms with Crippen LogP contribution in [0.2, 0.25) is 0 Å². The average molecular weight is 952 g/mol. The number of nitrogens with one attached hydrogen (secondary N) is 9. The summed E-state index contributed by atoms with van der Waals surface area (Å²) in [6.45, 7) is 3.35. The van der Waals surface area contributed by atoms with Gasteiger partial charge in [-0.1, -0.05) is 50.1 Å². The predicted molar refractivity (Wildman–Crippen MR) is 250 cm³/mol. The monoisotopic (exact) mass is 952 g/mol. The molecule has 24 nitrogen and oxygen atoms in total. The van der Waals surface area contributed by atoms with Crippen LogP contribution in [0.1, 0.15) is 95.7 Å². The van der Waals surface area contributed by atoms with Crippen molar-refractivity contribution in [3.63, 3.8) is 0 Å². The SMILES string of the molecule is CCCC[C@H](NC(C)=O)C(=O)N[C@H]1CCC(=O)NCCC(C(=O)N[C@@H](CCCCN)C(N)=O)NC(=O)[C@H](CCCN=C(N)N)NC(=O)[C@@H](Cc2ccccc2)NC(=O)[C@H](Cc2cnc[nH]2)NC1=O. The second-order valence-corrected chi connectivity index (χ2v) is 16.5. The largest absolute Gasteiger partial charge is 0.370 e. The van der Waals surface area contributed by atoms with Crippen LogP contribution < -0.4 is 65.5 Å².